The molecule has 0 saturated heterocycles. The monoisotopic (exact) mass is 237 g/mol. The molecule has 1 aromatic rings. The number of hydrogen-bond acceptors (Lipinski definition) is 4. The van der Waals surface area contributed by atoms with Gasteiger partial charge in [-0.05, 0) is 25.3 Å². The fourth-order valence-corrected chi connectivity index (χ4v) is 2.46. The maximum absolute atomic E-state index is 5.51. The molecule has 4 heteroatoms. The van der Waals surface area contributed by atoms with Crippen LogP contribution in [0.25, 0.3) is 0 Å². The Morgan fingerprint density at radius 2 is 2.24 bits per heavy atom. The molecule has 2 rings (SSSR count). The molecular formula is C13H23N3O. The van der Waals surface area contributed by atoms with Crippen LogP contribution >= 0.6 is 0 Å². The van der Waals surface area contributed by atoms with Gasteiger partial charge in [0.25, 0.3) is 6.01 Å². The number of oxazole rings is 1. The van der Waals surface area contributed by atoms with Crippen LogP contribution in [-0.4, -0.2) is 25.1 Å². The van der Waals surface area contributed by atoms with Gasteiger partial charge in [0, 0.05) is 20.1 Å². The molecule has 0 bridgehead atoms. The standard InChI is InChI=1S/C13H23N3O/c1-3-14-8-12-10-17-13(15-12)16(2)9-11-6-4-5-7-11/h10-11,14H,3-9H2,1-2H3. The maximum Gasteiger partial charge on any atom is 0.297 e. The summed E-state index contributed by atoms with van der Waals surface area (Å²) in [6.07, 6.45) is 7.24. The minimum Gasteiger partial charge on any atom is -0.432 e. The van der Waals surface area contributed by atoms with Crippen molar-refractivity contribution in [3.8, 4) is 0 Å². The summed E-state index contributed by atoms with van der Waals surface area (Å²) in [6.45, 7) is 4.91. The highest BCUT2D eigenvalue weighted by atomic mass is 16.4. The first-order valence-corrected chi connectivity index (χ1v) is 6.66. The van der Waals surface area contributed by atoms with E-state index in [0.717, 1.165) is 37.3 Å². The molecule has 0 aromatic carbocycles. The molecule has 0 spiro atoms. The van der Waals surface area contributed by atoms with Crippen LogP contribution < -0.4 is 10.2 Å². The molecule has 0 atom stereocenters. The summed E-state index contributed by atoms with van der Waals surface area (Å²) in [7, 11) is 2.07. The third kappa shape index (κ3) is 3.46. The lowest BCUT2D eigenvalue weighted by Gasteiger charge is -2.18. The first-order valence-electron chi connectivity index (χ1n) is 6.66. The fraction of sp³-hybridized carbons (Fsp3) is 0.769. The van der Waals surface area contributed by atoms with Crippen LogP contribution in [0.5, 0.6) is 0 Å². The van der Waals surface area contributed by atoms with Crippen LogP contribution in [0.4, 0.5) is 6.01 Å². The zero-order valence-electron chi connectivity index (χ0n) is 10.9. The maximum atomic E-state index is 5.51. The molecule has 0 radical (unpaired) electrons. The van der Waals surface area contributed by atoms with E-state index < -0.39 is 0 Å². The molecule has 1 N–H and O–H groups in total. The molecule has 1 aliphatic rings. The predicted molar refractivity (Wildman–Crippen MR) is 69.1 cm³/mol. The van der Waals surface area contributed by atoms with E-state index in [4.69, 9.17) is 4.42 Å². The number of aromatic nitrogens is 1. The van der Waals surface area contributed by atoms with E-state index >= 15 is 0 Å². The first-order chi connectivity index (χ1) is 8.29. The topological polar surface area (TPSA) is 41.3 Å². The number of rotatable bonds is 6. The summed E-state index contributed by atoms with van der Waals surface area (Å²) in [5.41, 5.74) is 0.986. The quantitative estimate of drug-likeness (QED) is 0.825. The second kappa shape index (κ2) is 6.05. The number of anilines is 1. The van der Waals surface area contributed by atoms with Crippen molar-refractivity contribution in [3.05, 3.63) is 12.0 Å². The molecule has 96 valence electrons. The molecule has 0 unspecified atom stereocenters. The number of hydrogen-bond donors (Lipinski definition) is 1. The summed E-state index contributed by atoms with van der Waals surface area (Å²) in [5.74, 6) is 0.823. The molecule has 17 heavy (non-hydrogen) atoms. The van der Waals surface area contributed by atoms with Gasteiger partial charge in [-0.1, -0.05) is 19.8 Å². The third-order valence-electron chi connectivity index (χ3n) is 3.43. The Hall–Kier alpha value is -1.03. The summed E-state index contributed by atoms with van der Waals surface area (Å²) < 4.78 is 5.51. The van der Waals surface area contributed by atoms with E-state index in [1.807, 2.05) is 0 Å². The van der Waals surface area contributed by atoms with Crippen molar-refractivity contribution in [1.82, 2.24) is 10.3 Å². The van der Waals surface area contributed by atoms with Gasteiger partial charge in [-0.15, -0.1) is 0 Å². The van der Waals surface area contributed by atoms with Crippen molar-refractivity contribution >= 4 is 6.01 Å². The lowest BCUT2D eigenvalue weighted by Crippen LogP contribution is -2.24. The van der Waals surface area contributed by atoms with Gasteiger partial charge in [0.15, 0.2) is 0 Å². The summed E-state index contributed by atoms with van der Waals surface area (Å²) in [5, 5.41) is 3.25. The average molecular weight is 237 g/mol. The summed E-state index contributed by atoms with van der Waals surface area (Å²) in [6, 6.07) is 0.754. The predicted octanol–water partition coefficient (Wildman–Crippen LogP) is 2.41. The van der Waals surface area contributed by atoms with E-state index in [2.05, 4.69) is 29.2 Å². The highest BCUT2D eigenvalue weighted by molar-refractivity contribution is 5.25. The SMILES string of the molecule is CCNCc1coc(N(C)CC2CCCC2)n1. The number of nitrogens with one attached hydrogen (secondary N) is 1. The Morgan fingerprint density at radius 3 is 2.94 bits per heavy atom. The van der Waals surface area contributed by atoms with Crippen LogP contribution in [-0.2, 0) is 6.54 Å². The Labute approximate surface area is 103 Å². The van der Waals surface area contributed by atoms with Crippen LogP contribution in [0.2, 0.25) is 0 Å². The summed E-state index contributed by atoms with van der Waals surface area (Å²) in [4.78, 5) is 6.63. The van der Waals surface area contributed by atoms with E-state index in [1.54, 1.807) is 6.26 Å². The zero-order valence-corrected chi connectivity index (χ0v) is 10.9. The summed E-state index contributed by atoms with van der Waals surface area (Å²) >= 11 is 0. The Balaban J connectivity index is 1.85. The third-order valence-corrected chi connectivity index (χ3v) is 3.43. The Morgan fingerprint density at radius 1 is 1.47 bits per heavy atom. The average Bonchev–Trinajstić information content (AvgIpc) is 2.96. The van der Waals surface area contributed by atoms with Crippen LogP contribution in [0.15, 0.2) is 10.7 Å². The van der Waals surface area contributed by atoms with Gasteiger partial charge >= 0.3 is 0 Å². The second-order valence-corrected chi connectivity index (χ2v) is 4.93. The van der Waals surface area contributed by atoms with Gasteiger partial charge < -0.3 is 14.6 Å². The lowest BCUT2D eigenvalue weighted by molar-refractivity contribution is 0.496. The minimum atomic E-state index is 0.754. The van der Waals surface area contributed by atoms with Crippen LogP contribution in [0.3, 0.4) is 0 Å². The van der Waals surface area contributed by atoms with Crippen molar-refractivity contribution in [2.45, 2.75) is 39.2 Å². The molecule has 1 fully saturated rings. The van der Waals surface area contributed by atoms with Crippen LogP contribution in [0, 0.1) is 5.92 Å². The van der Waals surface area contributed by atoms with Crippen molar-refractivity contribution in [2.75, 3.05) is 25.0 Å². The number of nitrogens with zero attached hydrogens (tertiary/aromatic N) is 2. The van der Waals surface area contributed by atoms with E-state index in [9.17, 15) is 0 Å². The first kappa shape index (κ1) is 12.4. The molecule has 1 aliphatic carbocycles. The van der Waals surface area contributed by atoms with Crippen molar-refractivity contribution < 1.29 is 4.42 Å². The smallest absolute Gasteiger partial charge is 0.297 e. The zero-order chi connectivity index (χ0) is 12.1. The highest BCUT2D eigenvalue weighted by Gasteiger charge is 2.19. The molecule has 0 aliphatic heterocycles. The largest absolute Gasteiger partial charge is 0.432 e. The van der Waals surface area contributed by atoms with Gasteiger partial charge in [0.05, 0.1) is 5.69 Å². The van der Waals surface area contributed by atoms with Crippen LogP contribution in [0.1, 0.15) is 38.3 Å². The molecule has 1 saturated carbocycles. The molecular weight excluding hydrogens is 214 g/mol. The molecule has 0 amide bonds. The molecule has 4 nitrogen and oxygen atoms in total. The van der Waals surface area contributed by atoms with Crippen molar-refractivity contribution in [3.63, 3.8) is 0 Å². The van der Waals surface area contributed by atoms with E-state index in [-0.39, 0.29) is 0 Å². The fourth-order valence-electron chi connectivity index (χ4n) is 2.46. The van der Waals surface area contributed by atoms with Gasteiger partial charge in [0.1, 0.15) is 6.26 Å². The van der Waals surface area contributed by atoms with E-state index in [0.29, 0.717) is 0 Å². The Kier molecular flexibility index (Phi) is 4.42. The highest BCUT2D eigenvalue weighted by Crippen LogP contribution is 2.26. The van der Waals surface area contributed by atoms with Crippen molar-refractivity contribution in [1.29, 1.82) is 0 Å². The second-order valence-electron chi connectivity index (χ2n) is 4.93. The van der Waals surface area contributed by atoms with Gasteiger partial charge in [-0.2, -0.15) is 4.98 Å². The van der Waals surface area contributed by atoms with Gasteiger partial charge in [-0.25, -0.2) is 0 Å². The molecule has 1 aromatic heterocycles. The normalized spacial score (nSPS) is 16.6. The van der Waals surface area contributed by atoms with Gasteiger partial charge in [0.2, 0.25) is 0 Å². The Bertz CT molecular complexity index is 331. The van der Waals surface area contributed by atoms with Gasteiger partial charge in [-0.3, -0.25) is 0 Å². The lowest BCUT2D eigenvalue weighted by atomic mass is 10.1. The van der Waals surface area contributed by atoms with Crippen molar-refractivity contribution in [2.24, 2.45) is 5.92 Å². The van der Waals surface area contributed by atoms with E-state index in [1.165, 1.54) is 25.7 Å². The molecule has 1 heterocycles. The minimum absolute atomic E-state index is 0.754.